The maximum absolute atomic E-state index is 13.9. The second-order valence-electron chi connectivity index (χ2n) is 10.00. The zero-order chi connectivity index (χ0) is 27.0. The number of thioether (sulfide) groups is 1. The van der Waals surface area contributed by atoms with Crippen molar-refractivity contribution in [2.45, 2.75) is 48.8 Å². The van der Waals surface area contributed by atoms with Gasteiger partial charge in [-0.05, 0) is 75.2 Å². The fourth-order valence-corrected chi connectivity index (χ4v) is 8.37. The van der Waals surface area contributed by atoms with E-state index in [2.05, 4.69) is 10.6 Å². The Bertz CT molecular complexity index is 1210. The fraction of sp³-hybridized carbons (Fsp3) is 0.464. The van der Waals surface area contributed by atoms with Gasteiger partial charge in [0.15, 0.2) is 0 Å². The molecule has 202 valence electrons. The minimum atomic E-state index is -0.803. The number of hydrogen-bond donors (Lipinski definition) is 3. The number of hydrogen-bond acceptors (Lipinski definition) is 7. The number of fused-ring (bicyclic) bond motifs is 1. The van der Waals surface area contributed by atoms with Crippen LogP contribution in [0.3, 0.4) is 0 Å². The number of amides is 3. The molecule has 2 aromatic rings. The van der Waals surface area contributed by atoms with Crippen LogP contribution in [0.15, 0.2) is 48.5 Å². The lowest BCUT2D eigenvalue weighted by atomic mass is 9.70. The van der Waals surface area contributed by atoms with Crippen molar-refractivity contribution in [2.24, 2.45) is 11.8 Å². The Balaban J connectivity index is 1.42. The summed E-state index contributed by atoms with van der Waals surface area (Å²) in [6, 6.07) is 12.8. The van der Waals surface area contributed by atoms with Crippen LogP contribution in [0.25, 0.3) is 0 Å². The van der Waals surface area contributed by atoms with E-state index in [4.69, 9.17) is 9.47 Å². The van der Waals surface area contributed by atoms with Crippen molar-refractivity contribution in [1.82, 2.24) is 4.90 Å². The Kier molecular flexibility index (Phi) is 7.28. The molecule has 3 aliphatic rings. The van der Waals surface area contributed by atoms with Crippen molar-refractivity contribution >= 4 is 40.9 Å². The third kappa shape index (κ3) is 4.39. The number of aliphatic hydroxyl groups is 1. The van der Waals surface area contributed by atoms with Crippen LogP contribution in [0.4, 0.5) is 11.4 Å². The number of ether oxygens (including phenoxy) is 2. The van der Waals surface area contributed by atoms with Gasteiger partial charge in [0.1, 0.15) is 17.5 Å². The van der Waals surface area contributed by atoms with Gasteiger partial charge in [0.25, 0.3) is 0 Å². The van der Waals surface area contributed by atoms with Gasteiger partial charge in [-0.2, -0.15) is 0 Å². The number of carbonyl (C=O) groups excluding carboxylic acids is 3. The molecule has 5 rings (SSSR count). The van der Waals surface area contributed by atoms with E-state index in [1.54, 1.807) is 74.3 Å². The van der Waals surface area contributed by atoms with Crippen molar-refractivity contribution in [3.63, 3.8) is 0 Å². The van der Waals surface area contributed by atoms with Crippen LogP contribution in [0.2, 0.25) is 0 Å². The van der Waals surface area contributed by atoms with Crippen LogP contribution < -0.4 is 20.1 Å². The number of nitrogens with one attached hydrogen (secondary N) is 2. The minimum Gasteiger partial charge on any atom is -0.497 e. The van der Waals surface area contributed by atoms with Gasteiger partial charge >= 0.3 is 0 Å². The second-order valence-corrected chi connectivity index (χ2v) is 11.6. The average molecular weight is 540 g/mol. The van der Waals surface area contributed by atoms with E-state index < -0.39 is 28.7 Å². The van der Waals surface area contributed by atoms with Crippen LogP contribution in [0.5, 0.6) is 11.5 Å². The minimum absolute atomic E-state index is 0.0606. The smallest absolute Gasteiger partial charge is 0.248 e. The van der Waals surface area contributed by atoms with Crippen molar-refractivity contribution in [3.05, 3.63) is 48.5 Å². The maximum atomic E-state index is 13.9. The molecule has 3 N–H and O–H groups in total. The van der Waals surface area contributed by atoms with Gasteiger partial charge in [0.05, 0.1) is 42.9 Å². The standard InChI is InChI=1S/C28H33N3O6S/c1-4-37-20-11-7-17(8-12-20)29-25(33)22-21-13-14-28(38-21)23(22)27(35)31(16(2)15-32)24(28)26(34)30-18-5-9-19(36-3)10-6-18/h5-12,16,21-24,32H,4,13-15H2,1-3H3,(H,29,33)(H,30,34)/t16-,21+,22-,23+,24?,28?/m1/s1. The molecule has 3 amide bonds. The molecular weight excluding hydrogens is 506 g/mol. The van der Waals surface area contributed by atoms with Crippen LogP contribution in [-0.4, -0.2) is 70.1 Å². The molecular formula is C28H33N3O6S. The Morgan fingerprint density at radius 3 is 2.26 bits per heavy atom. The third-order valence-corrected chi connectivity index (χ3v) is 9.77. The molecule has 3 heterocycles. The molecule has 3 saturated heterocycles. The molecule has 0 aromatic heterocycles. The van der Waals surface area contributed by atoms with Crippen LogP contribution in [0.1, 0.15) is 26.7 Å². The Morgan fingerprint density at radius 1 is 1.08 bits per heavy atom. The molecule has 2 bridgehead atoms. The van der Waals surface area contributed by atoms with E-state index in [-0.39, 0.29) is 29.6 Å². The van der Waals surface area contributed by atoms with Gasteiger partial charge in [-0.15, -0.1) is 11.8 Å². The SMILES string of the molecule is CCOc1ccc(NC(=O)[C@@H]2[C@@H]3CCC4(S3)C(C(=O)Nc3ccc(OC)cc3)N([C@H](C)CO)C(=O)[C@H]24)cc1. The molecule has 0 saturated carbocycles. The summed E-state index contributed by atoms with van der Waals surface area (Å²) in [6.07, 6.45) is 1.39. The summed E-state index contributed by atoms with van der Waals surface area (Å²) in [5.74, 6) is -0.617. The predicted octanol–water partition coefficient (Wildman–Crippen LogP) is 3.14. The van der Waals surface area contributed by atoms with Crippen molar-refractivity contribution < 1.29 is 29.0 Å². The van der Waals surface area contributed by atoms with Crippen LogP contribution >= 0.6 is 11.8 Å². The monoisotopic (exact) mass is 539 g/mol. The highest BCUT2D eigenvalue weighted by molar-refractivity contribution is 8.02. The van der Waals surface area contributed by atoms with Gasteiger partial charge in [-0.25, -0.2) is 0 Å². The molecule has 2 unspecified atom stereocenters. The Hall–Kier alpha value is -3.24. The van der Waals surface area contributed by atoms with Gasteiger partial charge in [-0.1, -0.05) is 0 Å². The highest BCUT2D eigenvalue weighted by atomic mass is 32.2. The average Bonchev–Trinajstić information content (AvgIpc) is 3.57. The molecule has 1 spiro atoms. The molecule has 9 nitrogen and oxygen atoms in total. The molecule has 38 heavy (non-hydrogen) atoms. The molecule has 0 aliphatic carbocycles. The Labute approximate surface area is 226 Å². The summed E-state index contributed by atoms with van der Waals surface area (Å²) in [5.41, 5.74) is 1.21. The van der Waals surface area contributed by atoms with E-state index in [1.807, 2.05) is 6.92 Å². The zero-order valence-corrected chi connectivity index (χ0v) is 22.5. The van der Waals surface area contributed by atoms with Gasteiger partial charge < -0.3 is 30.1 Å². The lowest BCUT2D eigenvalue weighted by Crippen LogP contribution is -2.54. The van der Waals surface area contributed by atoms with E-state index in [9.17, 15) is 19.5 Å². The van der Waals surface area contributed by atoms with Gasteiger partial charge in [0, 0.05) is 16.6 Å². The molecule has 0 radical (unpaired) electrons. The van der Waals surface area contributed by atoms with E-state index in [0.29, 0.717) is 35.9 Å². The maximum Gasteiger partial charge on any atom is 0.248 e. The molecule has 10 heteroatoms. The number of anilines is 2. The Morgan fingerprint density at radius 2 is 1.68 bits per heavy atom. The lowest BCUT2D eigenvalue weighted by Gasteiger charge is -2.36. The molecule has 2 aromatic carbocycles. The lowest BCUT2D eigenvalue weighted by molar-refractivity contribution is -0.140. The topological polar surface area (TPSA) is 117 Å². The summed E-state index contributed by atoms with van der Waals surface area (Å²) >= 11 is 1.59. The first-order valence-corrected chi connectivity index (χ1v) is 13.8. The quantitative estimate of drug-likeness (QED) is 0.448. The van der Waals surface area contributed by atoms with Crippen LogP contribution in [-0.2, 0) is 14.4 Å². The van der Waals surface area contributed by atoms with Crippen molar-refractivity contribution in [1.29, 1.82) is 0 Å². The van der Waals surface area contributed by atoms with Crippen molar-refractivity contribution in [2.75, 3.05) is 31.0 Å². The van der Waals surface area contributed by atoms with E-state index in [0.717, 1.165) is 6.42 Å². The predicted molar refractivity (Wildman–Crippen MR) is 145 cm³/mol. The number of carbonyl (C=O) groups is 3. The van der Waals surface area contributed by atoms with E-state index >= 15 is 0 Å². The number of aliphatic hydroxyl groups excluding tert-OH is 1. The molecule has 3 aliphatic heterocycles. The number of benzene rings is 2. The first-order chi connectivity index (χ1) is 18.3. The van der Waals surface area contributed by atoms with Gasteiger partial charge in [0.2, 0.25) is 17.7 Å². The third-order valence-electron chi connectivity index (χ3n) is 7.82. The summed E-state index contributed by atoms with van der Waals surface area (Å²) in [5, 5.41) is 15.9. The highest BCUT2D eigenvalue weighted by Gasteiger charge is 2.74. The summed E-state index contributed by atoms with van der Waals surface area (Å²) < 4.78 is 9.94. The molecule has 6 atom stereocenters. The number of likely N-dealkylation sites (tertiary alicyclic amines) is 1. The summed E-state index contributed by atoms with van der Waals surface area (Å²) in [7, 11) is 1.57. The highest BCUT2D eigenvalue weighted by Crippen LogP contribution is 2.66. The largest absolute Gasteiger partial charge is 0.497 e. The first kappa shape index (κ1) is 26.4. The van der Waals surface area contributed by atoms with Gasteiger partial charge in [-0.3, -0.25) is 14.4 Å². The fourth-order valence-electron chi connectivity index (χ4n) is 6.16. The summed E-state index contributed by atoms with van der Waals surface area (Å²) in [6.45, 7) is 3.91. The van der Waals surface area contributed by atoms with E-state index in [1.165, 1.54) is 4.90 Å². The van der Waals surface area contributed by atoms with Crippen molar-refractivity contribution in [3.8, 4) is 11.5 Å². The normalized spacial score (nSPS) is 28.1. The first-order valence-electron chi connectivity index (χ1n) is 12.9. The second kappa shape index (κ2) is 10.5. The molecule has 3 fully saturated rings. The number of rotatable bonds is 9. The number of nitrogens with zero attached hydrogens (tertiary/aromatic N) is 1. The van der Waals surface area contributed by atoms with Crippen LogP contribution in [0, 0.1) is 11.8 Å². The number of methoxy groups -OCH3 is 1. The summed E-state index contributed by atoms with van der Waals surface area (Å²) in [4.78, 5) is 42.8. The zero-order valence-electron chi connectivity index (χ0n) is 21.7.